The van der Waals surface area contributed by atoms with Crippen molar-refractivity contribution >= 4 is 16.9 Å². The number of likely N-dealkylation sites (tertiary alicyclic amines) is 2. The summed E-state index contributed by atoms with van der Waals surface area (Å²) in [5.41, 5.74) is 2.44. The Balaban J connectivity index is 1.34. The van der Waals surface area contributed by atoms with E-state index >= 15 is 0 Å². The van der Waals surface area contributed by atoms with Gasteiger partial charge in [-0.25, -0.2) is 0 Å². The molecule has 0 aliphatic carbocycles. The Morgan fingerprint density at radius 1 is 1.03 bits per heavy atom. The fourth-order valence-corrected chi connectivity index (χ4v) is 5.42. The van der Waals surface area contributed by atoms with Crippen LogP contribution in [0, 0.1) is 12.8 Å². The normalized spacial score (nSPS) is 17.5. The highest BCUT2D eigenvalue weighted by molar-refractivity contribution is 5.86. The van der Waals surface area contributed by atoms with Gasteiger partial charge in [-0.15, -0.1) is 0 Å². The van der Waals surface area contributed by atoms with Crippen LogP contribution < -0.4 is 5.43 Å². The van der Waals surface area contributed by atoms with Crippen LogP contribution >= 0.6 is 0 Å². The van der Waals surface area contributed by atoms with Gasteiger partial charge >= 0.3 is 0 Å². The van der Waals surface area contributed by atoms with Gasteiger partial charge in [-0.2, -0.15) is 0 Å². The quantitative estimate of drug-likeness (QED) is 0.598. The molecule has 34 heavy (non-hydrogen) atoms. The molecule has 178 valence electrons. The van der Waals surface area contributed by atoms with E-state index < -0.39 is 0 Å². The number of phenols is 1. The van der Waals surface area contributed by atoms with Crippen molar-refractivity contribution in [3.63, 3.8) is 0 Å². The number of hydrogen-bond donors (Lipinski definition) is 1. The summed E-state index contributed by atoms with van der Waals surface area (Å²) in [6.45, 7) is 5.87. The first-order chi connectivity index (χ1) is 16.5. The third kappa shape index (κ3) is 4.47. The average Bonchev–Trinajstić information content (AvgIpc) is 3.38. The first kappa shape index (κ1) is 22.7. The van der Waals surface area contributed by atoms with E-state index in [-0.39, 0.29) is 11.2 Å². The van der Waals surface area contributed by atoms with Crippen molar-refractivity contribution in [1.29, 1.82) is 0 Å². The molecule has 2 aliphatic heterocycles. The fraction of sp³-hybridized carbons (Fsp3) is 0.429. The van der Waals surface area contributed by atoms with Crippen LogP contribution in [0.1, 0.15) is 43.4 Å². The van der Waals surface area contributed by atoms with Crippen LogP contribution in [0.15, 0.2) is 51.7 Å². The molecular weight excluding hydrogens is 428 g/mol. The summed E-state index contributed by atoms with van der Waals surface area (Å²) in [5.74, 6) is 1.41. The standard InChI is InChI=1S/C28H32N2O4/c1-19-26(21-7-3-2-4-8-21)27(33)22-9-10-24(31)23(28(22)34-19)18-29-15-11-20(12-16-29)17-25(32)30-13-5-6-14-30/h2-4,7-10,20,31H,5-6,11-18H2,1H3. The van der Waals surface area contributed by atoms with Crippen LogP contribution in [0.5, 0.6) is 5.75 Å². The molecule has 3 heterocycles. The van der Waals surface area contributed by atoms with Crippen LogP contribution in [0.25, 0.3) is 22.1 Å². The molecule has 2 saturated heterocycles. The minimum Gasteiger partial charge on any atom is -0.507 e. The molecule has 0 saturated carbocycles. The Morgan fingerprint density at radius 2 is 1.74 bits per heavy atom. The average molecular weight is 461 g/mol. The van der Waals surface area contributed by atoms with Gasteiger partial charge in [-0.1, -0.05) is 30.3 Å². The lowest BCUT2D eigenvalue weighted by Gasteiger charge is -2.32. The number of phenolic OH excluding ortho intramolecular Hbond substituents is 1. The van der Waals surface area contributed by atoms with E-state index in [1.165, 1.54) is 0 Å². The lowest BCUT2D eigenvalue weighted by Crippen LogP contribution is -2.36. The summed E-state index contributed by atoms with van der Waals surface area (Å²) in [5, 5.41) is 11.1. The smallest absolute Gasteiger partial charge is 0.222 e. The molecule has 0 bridgehead atoms. The van der Waals surface area contributed by atoms with Gasteiger partial charge in [0.1, 0.15) is 17.1 Å². The Bertz CT molecular complexity index is 1240. The molecule has 2 aromatic carbocycles. The first-order valence-corrected chi connectivity index (χ1v) is 12.3. The molecule has 1 N–H and O–H groups in total. The number of nitrogens with zero attached hydrogens (tertiary/aromatic N) is 2. The summed E-state index contributed by atoms with van der Waals surface area (Å²) in [7, 11) is 0. The van der Waals surface area contributed by atoms with E-state index in [4.69, 9.17) is 4.42 Å². The molecule has 1 aromatic heterocycles. The molecular formula is C28H32N2O4. The molecule has 2 aliphatic rings. The Kier molecular flexibility index (Phi) is 6.42. The third-order valence-corrected chi connectivity index (χ3v) is 7.39. The van der Waals surface area contributed by atoms with Crippen molar-refractivity contribution in [2.45, 2.75) is 45.6 Å². The Labute approximate surface area is 199 Å². The minimum atomic E-state index is -0.0784. The zero-order chi connectivity index (χ0) is 23.7. The number of hydrogen-bond acceptors (Lipinski definition) is 5. The highest BCUT2D eigenvalue weighted by atomic mass is 16.3. The highest BCUT2D eigenvalue weighted by Gasteiger charge is 2.26. The van der Waals surface area contributed by atoms with Crippen LogP contribution in [-0.2, 0) is 11.3 Å². The topological polar surface area (TPSA) is 74.0 Å². The van der Waals surface area contributed by atoms with Gasteiger partial charge in [0.25, 0.3) is 0 Å². The lowest BCUT2D eigenvalue weighted by molar-refractivity contribution is -0.131. The molecule has 0 radical (unpaired) electrons. The van der Waals surface area contributed by atoms with E-state index in [1.54, 1.807) is 19.1 Å². The molecule has 0 atom stereocenters. The number of rotatable bonds is 5. The molecule has 0 unspecified atom stereocenters. The number of aryl methyl sites for hydroxylation is 1. The number of amides is 1. The zero-order valence-electron chi connectivity index (χ0n) is 19.8. The number of carbonyl (C=O) groups is 1. The van der Waals surface area contributed by atoms with Crippen LogP contribution in [-0.4, -0.2) is 47.0 Å². The lowest BCUT2D eigenvalue weighted by atomic mass is 9.92. The maximum absolute atomic E-state index is 13.4. The van der Waals surface area contributed by atoms with Gasteiger partial charge in [-0.3, -0.25) is 14.5 Å². The van der Waals surface area contributed by atoms with Crippen molar-refractivity contribution in [3.8, 4) is 16.9 Å². The van der Waals surface area contributed by atoms with Crippen molar-refractivity contribution in [1.82, 2.24) is 9.80 Å². The van der Waals surface area contributed by atoms with Gasteiger partial charge in [0, 0.05) is 26.1 Å². The van der Waals surface area contributed by atoms with Crippen molar-refractivity contribution in [2.75, 3.05) is 26.2 Å². The van der Waals surface area contributed by atoms with Crippen LogP contribution in [0.3, 0.4) is 0 Å². The van der Waals surface area contributed by atoms with E-state index in [0.29, 0.717) is 52.6 Å². The van der Waals surface area contributed by atoms with Gasteiger partial charge < -0.3 is 14.4 Å². The van der Waals surface area contributed by atoms with Crippen molar-refractivity contribution in [3.05, 3.63) is 64.0 Å². The van der Waals surface area contributed by atoms with Gasteiger partial charge in [0.05, 0.1) is 16.5 Å². The largest absolute Gasteiger partial charge is 0.507 e. The fourth-order valence-electron chi connectivity index (χ4n) is 5.42. The number of carbonyl (C=O) groups excluding carboxylic acids is 1. The highest BCUT2D eigenvalue weighted by Crippen LogP contribution is 2.32. The Morgan fingerprint density at radius 3 is 2.44 bits per heavy atom. The summed E-state index contributed by atoms with van der Waals surface area (Å²) < 4.78 is 6.18. The second-order valence-electron chi connectivity index (χ2n) is 9.68. The maximum atomic E-state index is 13.4. The van der Waals surface area contributed by atoms with E-state index in [0.717, 1.165) is 57.4 Å². The van der Waals surface area contributed by atoms with Gasteiger partial charge in [0.2, 0.25) is 11.3 Å². The Hall–Kier alpha value is -3.12. The molecule has 5 rings (SSSR count). The van der Waals surface area contributed by atoms with Gasteiger partial charge in [-0.05, 0) is 69.3 Å². The minimum absolute atomic E-state index is 0.0784. The van der Waals surface area contributed by atoms with Crippen molar-refractivity contribution in [2.24, 2.45) is 5.92 Å². The molecule has 1 amide bonds. The zero-order valence-corrected chi connectivity index (χ0v) is 19.8. The monoisotopic (exact) mass is 460 g/mol. The predicted molar refractivity (Wildman–Crippen MR) is 133 cm³/mol. The summed E-state index contributed by atoms with van der Waals surface area (Å²) >= 11 is 0. The van der Waals surface area contributed by atoms with E-state index in [1.807, 2.05) is 35.2 Å². The number of piperidine rings is 1. The number of fused-ring (bicyclic) bond motifs is 1. The van der Waals surface area contributed by atoms with E-state index in [9.17, 15) is 14.7 Å². The van der Waals surface area contributed by atoms with Gasteiger partial charge in [0.15, 0.2) is 0 Å². The molecule has 6 heteroatoms. The second-order valence-corrected chi connectivity index (χ2v) is 9.68. The maximum Gasteiger partial charge on any atom is 0.222 e. The van der Waals surface area contributed by atoms with Crippen LogP contribution in [0.4, 0.5) is 0 Å². The SMILES string of the molecule is Cc1oc2c(CN3CCC(CC(=O)N4CCCC4)CC3)c(O)ccc2c(=O)c1-c1ccccc1. The van der Waals surface area contributed by atoms with E-state index in [2.05, 4.69) is 4.90 Å². The molecule has 2 fully saturated rings. The number of benzene rings is 2. The summed E-state index contributed by atoms with van der Waals surface area (Å²) in [6.07, 6.45) is 4.82. The molecule has 3 aromatic rings. The number of aromatic hydroxyl groups is 1. The third-order valence-electron chi connectivity index (χ3n) is 7.39. The van der Waals surface area contributed by atoms with Crippen LogP contribution in [0.2, 0.25) is 0 Å². The summed E-state index contributed by atoms with van der Waals surface area (Å²) in [4.78, 5) is 30.2. The molecule has 6 nitrogen and oxygen atoms in total. The molecule has 0 spiro atoms. The first-order valence-electron chi connectivity index (χ1n) is 12.3. The summed E-state index contributed by atoms with van der Waals surface area (Å²) in [6, 6.07) is 12.8. The second kappa shape index (κ2) is 9.63. The van der Waals surface area contributed by atoms with Crippen molar-refractivity contribution < 1.29 is 14.3 Å². The predicted octanol–water partition coefficient (Wildman–Crippen LogP) is 4.70.